The molecule has 0 N–H and O–H groups in total. The zero-order valence-electron chi connectivity index (χ0n) is 9.30. The number of hydrogen-bond acceptors (Lipinski definition) is 1. The van der Waals surface area contributed by atoms with Gasteiger partial charge in [-0.3, -0.25) is 0 Å². The van der Waals surface area contributed by atoms with Crippen molar-refractivity contribution in [3.8, 4) is 0 Å². The van der Waals surface area contributed by atoms with Crippen molar-refractivity contribution >= 4 is 0 Å². The lowest BCUT2D eigenvalue weighted by Crippen LogP contribution is -2.09. The third kappa shape index (κ3) is 3.67. The Balaban J connectivity index is 2.17. The molecule has 0 aromatic carbocycles. The molecule has 1 rings (SSSR count). The molecule has 80 valence electrons. The molecule has 0 aromatic rings. The van der Waals surface area contributed by atoms with Gasteiger partial charge in [-0.15, -0.1) is 6.58 Å². The van der Waals surface area contributed by atoms with Crippen molar-refractivity contribution in [1.82, 2.24) is 0 Å². The Morgan fingerprint density at radius 3 is 3.07 bits per heavy atom. The maximum Gasteiger partial charge on any atom is 0.0793 e. The van der Waals surface area contributed by atoms with Crippen LogP contribution in [0.25, 0.3) is 0 Å². The molecule has 0 spiro atoms. The largest absolute Gasteiger partial charge is 0.370 e. The monoisotopic (exact) mass is 194 g/mol. The molecular formula is C13H22O. The molecule has 0 bridgehead atoms. The van der Waals surface area contributed by atoms with Crippen LogP contribution in [0.3, 0.4) is 0 Å². The van der Waals surface area contributed by atoms with Crippen LogP contribution in [0.2, 0.25) is 0 Å². The molecule has 1 heterocycles. The lowest BCUT2D eigenvalue weighted by Gasteiger charge is -2.13. The molecule has 1 aliphatic heterocycles. The lowest BCUT2D eigenvalue weighted by atomic mass is 10.0. The molecule has 0 aromatic heterocycles. The van der Waals surface area contributed by atoms with Crippen LogP contribution in [0, 0.1) is 0 Å². The lowest BCUT2D eigenvalue weighted by molar-refractivity contribution is 0.112. The normalized spacial score (nSPS) is 20.9. The van der Waals surface area contributed by atoms with Crippen LogP contribution in [0.1, 0.15) is 45.4 Å². The van der Waals surface area contributed by atoms with Crippen molar-refractivity contribution in [2.24, 2.45) is 0 Å². The van der Waals surface area contributed by atoms with Gasteiger partial charge in [-0.25, -0.2) is 0 Å². The first-order valence-corrected chi connectivity index (χ1v) is 5.80. The standard InChI is InChI=1S/C13H22O/c1-3-5-6-7-9-13-12(8-4-2)10-11-14-13/h4,10,13H,2-3,5-9,11H2,1H3. The SMILES string of the molecule is C=CCC1=CCOC1CCCCCC. The fraction of sp³-hybridized carbons (Fsp3) is 0.692. The van der Waals surface area contributed by atoms with Gasteiger partial charge in [0.1, 0.15) is 0 Å². The second kappa shape index (κ2) is 6.83. The Morgan fingerprint density at radius 2 is 2.36 bits per heavy atom. The Bertz CT molecular complexity index is 193. The summed E-state index contributed by atoms with van der Waals surface area (Å²) in [6.45, 7) is 6.82. The minimum Gasteiger partial charge on any atom is -0.370 e. The minimum atomic E-state index is 0.393. The summed E-state index contributed by atoms with van der Waals surface area (Å²) in [5.74, 6) is 0. The van der Waals surface area contributed by atoms with Crippen LogP contribution < -0.4 is 0 Å². The topological polar surface area (TPSA) is 9.23 Å². The van der Waals surface area contributed by atoms with Crippen LogP contribution in [0.15, 0.2) is 24.3 Å². The fourth-order valence-electron chi connectivity index (χ4n) is 1.92. The number of ether oxygens (including phenoxy) is 1. The van der Waals surface area contributed by atoms with E-state index in [9.17, 15) is 0 Å². The molecule has 1 aliphatic rings. The predicted octanol–water partition coefficient (Wildman–Crippen LogP) is 3.86. The van der Waals surface area contributed by atoms with E-state index < -0.39 is 0 Å². The third-order valence-corrected chi connectivity index (χ3v) is 2.76. The van der Waals surface area contributed by atoms with Gasteiger partial charge in [0.2, 0.25) is 0 Å². The highest BCUT2D eigenvalue weighted by Gasteiger charge is 2.17. The van der Waals surface area contributed by atoms with E-state index in [-0.39, 0.29) is 0 Å². The molecule has 0 fully saturated rings. The Kier molecular flexibility index (Phi) is 5.62. The summed E-state index contributed by atoms with van der Waals surface area (Å²) in [6, 6.07) is 0. The Hall–Kier alpha value is -0.560. The van der Waals surface area contributed by atoms with E-state index in [2.05, 4.69) is 19.6 Å². The summed E-state index contributed by atoms with van der Waals surface area (Å²) in [6.07, 6.45) is 12.1. The average molecular weight is 194 g/mol. The summed E-state index contributed by atoms with van der Waals surface area (Å²) < 4.78 is 5.66. The van der Waals surface area contributed by atoms with Crippen LogP contribution in [0.5, 0.6) is 0 Å². The van der Waals surface area contributed by atoms with Crippen molar-refractivity contribution < 1.29 is 4.74 Å². The van der Waals surface area contributed by atoms with Crippen molar-refractivity contribution in [2.75, 3.05) is 6.61 Å². The Morgan fingerprint density at radius 1 is 1.50 bits per heavy atom. The van der Waals surface area contributed by atoms with Gasteiger partial charge in [0.15, 0.2) is 0 Å². The second-order valence-electron chi connectivity index (χ2n) is 3.94. The first-order valence-electron chi connectivity index (χ1n) is 5.80. The molecule has 1 unspecified atom stereocenters. The number of unbranched alkanes of at least 4 members (excludes halogenated alkanes) is 3. The number of allylic oxidation sites excluding steroid dienone is 1. The van der Waals surface area contributed by atoms with E-state index in [1.165, 1.54) is 37.7 Å². The van der Waals surface area contributed by atoms with Crippen LogP contribution in [-0.4, -0.2) is 12.7 Å². The summed E-state index contributed by atoms with van der Waals surface area (Å²) >= 11 is 0. The van der Waals surface area contributed by atoms with Gasteiger partial charge in [0.05, 0.1) is 12.7 Å². The summed E-state index contributed by atoms with van der Waals surface area (Å²) in [4.78, 5) is 0. The van der Waals surface area contributed by atoms with Crippen molar-refractivity contribution in [3.05, 3.63) is 24.3 Å². The number of rotatable bonds is 7. The molecule has 14 heavy (non-hydrogen) atoms. The third-order valence-electron chi connectivity index (χ3n) is 2.76. The fourth-order valence-corrected chi connectivity index (χ4v) is 1.92. The predicted molar refractivity (Wildman–Crippen MR) is 61.4 cm³/mol. The van der Waals surface area contributed by atoms with E-state index in [0.29, 0.717) is 6.10 Å². The molecule has 1 heteroatoms. The molecule has 0 amide bonds. The van der Waals surface area contributed by atoms with E-state index in [0.717, 1.165) is 13.0 Å². The van der Waals surface area contributed by atoms with Gasteiger partial charge in [-0.2, -0.15) is 0 Å². The maximum atomic E-state index is 5.66. The molecule has 0 aliphatic carbocycles. The van der Waals surface area contributed by atoms with Crippen LogP contribution in [-0.2, 0) is 4.74 Å². The van der Waals surface area contributed by atoms with Crippen LogP contribution in [0.4, 0.5) is 0 Å². The minimum absolute atomic E-state index is 0.393. The van der Waals surface area contributed by atoms with Crippen molar-refractivity contribution in [2.45, 2.75) is 51.6 Å². The van der Waals surface area contributed by atoms with E-state index >= 15 is 0 Å². The van der Waals surface area contributed by atoms with Gasteiger partial charge in [-0.05, 0) is 18.4 Å². The molecule has 0 radical (unpaired) electrons. The average Bonchev–Trinajstić information content (AvgIpc) is 2.61. The highest BCUT2D eigenvalue weighted by molar-refractivity contribution is 5.15. The maximum absolute atomic E-state index is 5.66. The highest BCUT2D eigenvalue weighted by atomic mass is 16.5. The molecule has 1 nitrogen and oxygen atoms in total. The quantitative estimate of drug-likeness (QED) is 0.442. The summed E-state index contributed by atoms with van der Waals surface area (Å²) in [5.41, 5.74) is 1.44. The smallest absolute Gasteiger partial charge is 0.0793 e. The zero-order valence-corrected chi connectivity index (χ0v) is 9.30. The first-order chi connectivity index (χ1) is 6.88. The first kappa shape index (κ1) is 11.5. The highest BCUT2D eigenvalue weighted by Crippen LogP contribution is 2.23. The molecule has 1 atom stereocenters. The van der Waals surface area contributed by atoms with Crippen molar-refractivity contribution in [1.29, 1.82) is 0 Å². The number of hydrogen-bond donors (Lipinski definition) is 0. The van der Waals surface area contributed by atoms with Gasteiger partial charge >= 0.3 is 0 Å². The summed E-state index contributed by atoms with van der Waals surface area (Å²) in [7, 11) is 0. The second-order valence-corrected chi connectivity index (χ2v) is 3.94. The van der Waals surface area contributed by atoms with Crippen molar-refractivity contribution in [3.63, 3.8) is 0 Å². The molecule has 0 saturated carbocycles. The van der Waals surface area contributed by atoms with Gasteiger partial charge in [0, 0.05) is 0 Å². The van der Waals surface area contributed by atoms with E-state index in [4.69, 9.17) is 4.74 Å². The molecular weight excluding hydrogens is 172 g/mol. The zero-order chi connectivity index (χ0) is 10.2. The van der Waals surface area contributed by atoms with Gasteiger partial charge in [-0.1, -0.05) is 44.8 Å². The van der Waals surface area contributed by atoms with Gasteiger partial charge < -0.3 is 4.74 Å². The molecule has 0 saturated heterocycles. The van der Waals surface area contributed by atoms with Gasteiger partial charge in [0.25, 0.3) is 0 Å². The van der Waals surface area contributed by atoms with E-state index in [1.807, 2.05) is 6.08 Å². The summed E-state index contributed by atoms with van der Waals surface area (Å²) in [5, 5.41) is 0. The van der Waals surface area contributed by atoms with E-state index in [1.54, 1.807) is 0 Å². The Labute approximate surface area is 87.8 Å². The van der Waals surface area contributed by atoms with Crippen LogP contribution >= 0.6 is 0 Å².